The minimum absolute atomic E-state index is 0.513. The zero-order chi connectivity index (χ0) is 7.56. The lowest BCUT2D eigenvalue weighted by Gasteiger charge is -1.99. The van der Waals surface area contributed by atoms with Gasteiger partial charge in [-0.05, 0) is 31.9 Å². The van der Waals surface area contributed by atoms with Gasteiger partial charge in [-0.1, -0.05) is 0 Å². The third-order valence-electron chi connectivity index (χ3n) is 1.00. The highest BCUT2D eigenvalue weighted by atomic mass is 79.9. The number of rotatable bonds is 2. The van der Waals surface area contributed by atoms with Crippen molar-refractivity contribution in [2.75, 3.05) is 7.11 Å². The highest BCUT2D eigenvalue weighted by Gasteiger charge is 2.02. The summed E-state index contributed by atoms with van der Waals surface area (Å²) in [6.45, 7) is 0.513. The van der Waals surface area contributed by atoms with Crippen LogP contribution < -0.4 is 0 Å². The van der Waals surface area contributed by atoms with Gasteiger partial charge in [0.15, 0.2) is 0 Å². The van der Waals surface area contributed by atoms with Crippen LogP contribution in [-0.2, 0) is 11.5 Å². The van der Waals surface area contributed by atoms with Crippen molar-refractivity contribution in [2.45, 2.75) is 6.73 Å². The Bertz CT molecular complexity index is 223. The van der Waals surface area contributed by atoms with Gasteiger partial charge in [0.2, 0.25) is 0 Å². The molecule has 56 valence electrons. The van der Waals surface area contributed by atoms with Gasteiger partial charge in [0.1, 0.15) is 15.9 Å². The number of methoxy groups -OCH3 is 1. The molecule has 0 unspecified atom stereocenters. The molecule has 0 atom stereocenters. The summed E-state index contributed by atoms with van der Waals surface area (Å²) in [4.78, 5) is 3.99. The second-order valence-electron chi connectivity index (χ2n) is 1.71. The van der Waals surface area contributed by atoms with Crippen LogP contribution in [0.5, 0.6) is 0 Å². The average Bonchev–Trinajstić information content (AvgIpc) is 2.20. The first-order chi connectivity index (χ1) is 4.75. The zero-order valence-corrected chi connectivity index (χ0v) is 8.52. The van der Waals surface area contributed by atoms with E-state index in [4.69, 9.17) is 4.74 Å². The second-order valence-corrected chi connectivity index (χ2v) is 3.22. The van der Waals surface area contributed by atoms with Crippen LogP contribution >= 0.6 is 31.9 Å². The van der Waals surface area contributed by atoms with Crippen LogP contribution in [0.4, 0.5) is 0 Å². The largest absolute Gasteiger partial charge is 0.364 e. The Kier molecular flexibility index (Phi) is 2.88. The molecule has 0 amide bonds. The van der Waals surface area contributed by atoms with Crippen LogP contribution in [-0.4, -0.2) is 16.7 Å². The van der Waals surface area contributed by atoms with E-state index in [2.05, 4.69) is 36.8 Å². The van der Waals surface area contributed by atoms with Crippen LogP contribution in [0.1, 0.15) is 0 Å². The number of ether oxygens (including phenoxy) is 1. The first kappa shape index (κ1) is 8.23. The Balaban J connectivity index is 2.83. The van der Waals surface area contributed by atoms with Crippen molar-refractivity contribution in [1.82, 2.24) is 9.55 Å². The Labute approximate surface area is 75.6 Å². The van der Waals surface area contributed by atoms with Crippen LogP contribution in [0, 0.1) is 0 Å². The minimum Gasteiger partial charge on any atom is -0.364 e. The van der Waals surface area contributed by atoms with E-state index >= 15 is 0 Å². The van der Waals surface area contributed by atoms with Crippen LogP contribution in [0.25, 0.3) is 0 Å². The quantitative estimate of drug-likeness (QED) is 0.821. The van der Waals surface area contributed by atoms with Gasteiger partial charge >= 0.3 is 0 Å². The molecule has 1 aromatic rings. The topological polar surface area (TPSA) is 27.1 Å². The van der Waals surface area contributed by atoms with E-state index in [-0.39, 0.29) is 0 Å². The third kappa shape index (κ3) is 1.59. The summed E-state index contributed by atoms with van der Waals surface area (Å²) in [6, 6.07) is 0. The van der Waals surface area contributed by atoms with Crippen molar-refractivity contribution in [3.05, 3.63) is 15.5 Å². The highest BCUT2D eigenvalue weighted by molar-refractivity contribution is 9.13. The van der Waals surface area contributed by atoms with Crippen molar-refractivity contribution >= 4 is 31.9 Å². The maximum absolute atomic E-state index is 4.89. The van der Waals surface area contributed by atoms with Crippen LogP contribution in [0.3, 0.4) is 0 Å². The van der Waals surface area contributed by atoms with Gasteiger partial charge in [0.25, 0.3) is 0 Å². The maximum Gasteiger partial charge on any atom is 0.138 e. The van der Waals surface area contributed by atoms with Gasteiger partial charge in [-0.15, -0.1) is 0 Å². The molecule has 0 N–H and O–H groups in total. The minimum atomic E-state index is 0.513. The normalized spacial score (nSPS) is 10.3. The molecule has 0 radical (unpaired) electrons. The smallest absolute Gasteiger partial charge is 0.138 e. The predicted molar refractivity (Wildman–Crippen MR) is 44.6 cm³/mol. The van der Waals surface area contributed by atoms with Crippen molar-refractivity contribution in [1.29, 1.82) is 0 Å². The lowest BCUT2D eigenvalue weighted by atomic mass is 10.9. The summed E-state index contributed by atoms with van der Waals surface area (Å²) in [5, 5.41) is 0. The lowest BCUT2D eigenvalue weighted by molar-refractivity contribution is 0.129. The Morgan fingerprint density at radius 1 is 1.70 bits per heavy atom. The van der Waals surface area contributed by atoms with E-state index in [1.807, 2.05) is 4.57 Å². The molecular formula is C5H6Br2N2O. The van der Waals surface area contributed by atoms with Crippen molar-refractivity contribution in [3.63, 3.8) is 0 Å². The number of imidazole rings is 1. The molecule has 5 heteroatoms. The summed E-state index contributed by atoms with van der Waals surface area (Å²) in [5.41, 5.74) is 0. The van der Waals surface area contributed by atoms with Crippen LogP contribution in [0.15, 0.2) is 15.5 Å². The summed E-state index contributed by atoms with van der Waals surface area (Å²) < 4.78 is 8.42. The number of aromatic nitrogens is 2. The number of hydrogen-bond acceptors (Lipinski definition) is 2. The lowest BCUT2D eigenvalue weighted by Crippen LogP contribution is -1.97. The van der Waals surface area contributed by atoms with Gasteiger partial charge < -0.3 is 9.30 Å². The third-order valence-corrected chi connectivity index (χ3v) is 2.94. The summed E-state index contributed by atoms with van der Waals surface area (Å²) in [7, 11) is 1.64. The molecule has 0 fully saturated rings. The molecular weight excluding hydrogens is 264 g/mol. The standard InChI is InChI=1S/C5H6Br2N2O/c1-10-3-9-2-8-4(6)5(9)7/h2H,3H2,1H3. The van der Waals surface area contributed by atoms with Crippen molar-refractivity contribution in [3.8, 4) is 0 Å². The predicted octanol–water partition coefficient (Wildman–Crippen LogP) is 2.01. The molecule has 0 spiro atoms. The van der Waals surface area contributed by atoms with E-state index in [1.54, 1.807) is 13.4 Å². The van der Waals surface area contributed by atoms with Crippen LogP contribution in [0.2, 0.25) is 0 Å². The Hall–Kier alpha value is 0.130. The molecule has 1 aromatic heterocycles. The first-order valence-electron chi connectivity index (χ1n) is 2.60. The maximum atomic E-state index is 4.89. The monoisotopic (exact) mass is 268 g/mol. The summed E-state index contributed by atoms with van der Waals surface area (Å²) >= 11 is 6.58. The van der Waals surface area contributed by atoms with E-state index in [1.165, 1.54) is 0 Å². The molecule has 0 bridgehead atoms. The van der Waals surface area contributed by atoms with Crippen molar-refractivity contribution in [2.24, 2.45) is 0 Å². The summed E-state index contributed by atoms with van der Waals surface area (Å²) in [5.74, 6) is 0. The highest BCUT2D eigenvalue weighted by Crippen LogP contribution is 2.20. The molecule has 0 aliphatic rings. The molecule has 0 aliphatic carbocycles. The molecule has 10 heavy (non-hydrogen) atoms. The fourth-order valence-electron chi connectivity index (χ4n) is 0.572. The van der Waals surface area contributed by atoms with E-state index < -0.39 is 0 Å². The first-order valence-corrected chi connectivity index (χ1v) is 4.19. The van der Waals surface area contributed by atoms with Gasteiger partial charge in [-0.2, -0.15) is 0 Å². The van der Waals surface area contributed by atoms with Gasteiger partial charge in [0.05, 0.1) is 6.33 Å². The number of hydrogen-bond donors (Lipinski definition) is 0. The number of halogens is 2. The molecule has 0 aliphatic heterocycles. The average molecular weight is 270 g/mol. The van der Waals surface area contributed by atoms with E-state index in [9.17, 15) is 0 Å². The van der Waals surface area contributed by atoms with E-state index in [0.29, 0.717) is 6.73 Å². The fraction of sp³-hybridized carbons (Fsp3) is 0.400. The zero-order valence-electron chi connectivity index (χ0n) is 5.34. The molecule has 3 nitrogen and oxygen atoms in total. The molecule has 0 saturated heterocycles. The molecule has 0 aromatic carbocycles. The summed E-state index contributed by atoms with van der Waals surface area (Å²) in [6.07, 6.45) is 1.69. The molecule has 1 heterocycles. The van der Waals surface area contributed by atoms with Gasteiger partial charge in [0, 0.05) is 7.11 Å². The van der Waals surface area contributed by atoms with Gasteiger partial charge in [-0.3, -0.25) is 0 Å². The Morgan fingerprint density at radius 2 is 2.40 bits per heavy atom. The van der Waals surface area contributed by atoms with Crippen molar-refractivity contribution < 1.29 is 4.74 Å². The number of nitrogens with zero attached hydrogens (tertiary/aromatic N) is 2. The fourth-order valence-corrected chi connectivity index (χ4v) is 1.19. The SMILES string of the molecule is COCn1cnc(Br)c1Br. The molecule has 1 rings (SSSR count). The second kappa shape index (κ2) is 3.50. The van der Waals surface area contributed by atoms with Gasteiger partial charge in [-0.25, -0.2) is 4.98 Å². The Morgan fingerprint density at radius 3 is 2.80 bits per heavy atom. The van der Waals surface area contributed by atoms with E-state index in [0.717, 1.165) is 9.21 Å². The molecule has 0 saturated carbocycles.